The van der Waals surface area contributed by atoms with E-state index in [4.69, 9.17) is 10.5 Å². The maximum absolute atomic E-state index is 12.9. The lowest BCUT2D eigenvalue weighted by molar-refractivity contribution is -0.142. The quantitative estimate of drug-likeness (QED) is 0.571. The topological polar surface area (TPSA) is 97.5 Å². The number of aromatic nitrogens is 1. The summed E-state index contributed by atoms with van der Waals surface area (Å²) in [6.07, 6.45) is 1.68. The number of ether oxygens (including phenoxy) is 1. The Labute approximate surface area is 160 Å². The zero-order valence-corrected chi connectivity index (χ0v) is 16.4. The van der Waals surface area contributed by atoms with E-state index >= 15 is 0 Å². The molecule has 146 valence electrons. The summed E-state index contributed by atoms with van der Waals surface area (Å²) in [5.41, 5.74) is 7.58. The van der Waals surface area contributed by atoms with E-state index in [-0.39, 0.29) is 24.8 Å². The molecule has 0 atom stereocenters. The van der Waals surface area contributed by atoms with E-state index in [0.29, 0.717) is 23.7 Å². The number of carbonyl (C=O) groups excluding carboxylic acids is 2. The van der Waals surface area contributed by atoms with E-state index in [1.807, 2.05) is 13.8 Å². The molecule has 0 aliphatic heterocycles. The highest BCUT2D eigenvalue weighted by atomic mass is 16.5. The molecule has 0 radical (unpaired) electrons. The van der Waals surface area contributed by atoms with Crippen LogP contribution in [0.5, 0.6) is 0 Å². The minimum Gasteiger partial charge on any atom is -0.466 e. The van der Waals surface area contributed by atoms with E-state index in [1.54, 1.807) is 56.6 Å². The van der Waals surface area contributed by atoms with Crippen molar-refractivity contribution in [2.75, 3.05) is 36.1 Å². The third-order valence-corrected chi connectivity index (χ3v) is 3.58. The molecule has 0 unspecified atom stereocenters. The number of pyridine rings is 1. The van der Waals surface area contributed by atoms with Crippen LogP contribution in [-0.4, -0.2) is 37.1 Å². The molecule has 0 spiro atoms. The molecular formula is C20H28N4O3. The number of rotatable bonds is 7. The van der Waals surface area contributed by atoms with Crippen molar-refractivity contribution in [2.24, 2.45) is 0 Å². The summed E-state index contributed by atoms with van der Waals surface area (Å²) in [6.45, 7) is 6.21. The Hall–Kier alpha value is -3.09. The number of esters is 1. The average molecular weight is 372 g/mol. The van der Waals surface area contributed by atoms with Gasteiger partial charge < -0.3 is 15.8 Å². The molecule has 0 saturated carbocycles. The molecule has 1 aromatic carbocycles. The van der Waals surface area contributed by atoms with E-state index in [9.17, 15) is 9.59 Å². The minimum atomic E-state index is -0.360. The van der Waals surface area contributed by atoms with Crippen LogP contribution in [0.25, 0.3) is 0 Å². The highest BCUT2D eigenvalue weighted by Gasteiger charge is 2.20. The number of nitrogen functional groups attached to an aromatic ring is 1. The first-order chi connectivity index (χ1) is 13.1. The normalized spacial score (nSPS) is 9.63. The second kappa shape index (κ2) is 11.5. The van der Waals surface area contributed by atoms with Gasteiger partial charge in [0.25, 0.3) is 5.91 Å². The molecule has 0 bridgehead atoms. The lowest BCUT2D eigenvalue weighted by Gasteiger charge is -2.22. The smallest absolute Gasteiger partial charge is 0.307 e. The fourth-order valence-electron chi connectivity index (χ4n) is 2.35. The molecule has 3 N–H and O–H groups in total. The summed E-state index contributed by atoms with van der Waals surface area (Å²) in [6, 6.07) is 10.3. The van der Waals surface area contributed by atoms with Crippen molar-refractivity contribution in [2.45, 2.75) is 27.2 Å². The molecule has 27 heavy (non-hydrogen) atoms. The number of benzene rings is 1. The maximum atomic E-state index is 12.9. The minimum absolute atomic E-state index is 0.0836. The molecule has 1 aromatic heterocycles. The Morgan fingerprint density at radius 3 is 2.52 bits per heavy atom. The Balaban J connectivity index is 0.00000176. The Morgan fingerprint density at radius 2 is 1.96 bits per heavy atom. The van der Waals surface area contributed by atoms with Crippen LogP contribution >= 0.6 is 0 Å². The zero-order chi connectivity index (χ0) is 20.2. The third kappa shape index (κ3) is 6.29. The number of anilines is 3. The van der Waals surface area contributed by atoms with Crippen LogP contribution in [0, 0.1) is 0 Å². The Kier molecular flexibility index (Phi) is 9.36. The summed E-state index contributed by atoms with van der Waals surface area (Å²) >= 11 is 0. The fraction of sp³-hybridized carbons (Fsp3) is 0.350. The number of hydrogen-bond donors (Lipinski definition) is 2. The van der Waals surface area contributed by atoms with Gasteiger partial charge in [-0.1, -0.05) is 19.9 Å². The van der Waals surface area contributed by atoms with Crippen LogP contribution in [0.15, 0.2) is 42.6 Å². The Bertz CT molecular complexity index is 735. The molecule has 0 saturated heterocycles. The van der Waals surface area contributed by atoms with Crippen molar-refractivity contribution in [3.05, 3.63) is 48.2 Å². The predicted octanol–water partition coefficient (Wildman–Crippen LogP) is 3.33. The van der Waals surface area contributed by atoms with Crippen molar-refractivity contribution in [1.82, 2.24) is 4.98 Å². The highest BCUT2D eigenvalue weighted by molar-refractivity contribution is 6.06. The molecule has 0 fully saturated rings. The van der Waals surface area contributed by atoms with Gasteiger partial charge in [-0.2, -0.15) is 0 Å². The summed E-state index contributed by atoms with van der Waals surface area (Å²) < 4.78 is 4.94. The average Bonchev–Trinajstić information content (AvgIpc) is 2.70. The number of amides is 1. The van der Waals surface area contributed by atoms with E-state index < -0.39 is 0 Å². The second-order valence-electron chi connectivity index (χ2n) is 5.25. The lowest BCUT2D eigenvalue weighted by atomic mass is 10.1. The second-order valence-corrected chi connectivity index (χ2v) is 5.25. The fourth-order valence-corrected chi connectivity index (χ4v) is 2.35. The molecule has 2 rings (SSSR count). The monoisotopic (exact) mass is 372 g/mol. The molecule has 1 amide bonds. The van der Waals surface area contributed by atoms with Crippen molar-refractivity contribution in [1.29, 1.82) is 0 Å². The first-order valence-corrected chi connectivity index (χ1v) is 9.02. The third-order valence-electron chi connectivity index (χ3n) is 3.58. The predicted molar refractivity (Wildman–Crippen MR) is 109 cm³/mol. The Morgan fingerprint density at radius 1 is 1.22 bits per heavy atom. The van der Waals surface area contributed by atoms with Gasteiger partial charge >= 0.3 is 5.97 Å². The first-order valence-electron chi connectivity index (χ1n) is 9.02. The van der Waals surface area contributed by atoms with Gasteiger partial charge in [0.15, 0.2) is 0 Å². The number of carbonyl (C=O) groups is 2. The van der Waals surface area contributed by atoms with Gasteiger partial charge in [0.1, 0.15) is 5.82 Å². The van der Waals surface area contributed by atoms with E-state index in [0.717, 1.165) is 5.69 Å². The largest absolute Gasteiger partial charge is 0.466 e. The summed E-state index contributed by atoms with van der Waals surface area (Å²) in [5.74, 6) is -0.174. The van der Waals surface area contributed by atoms with Crippen LogP contribution in [0.1, 0.15) is 37.6 Å². The maximum Gasteiger partial charge on any atom is 0.307 e. The van der Waals surface area contributed by atoms with Gasteiger partial charge in [0.05, 0.1) is 24.4 Å². The van der Waals surface area contributed by atoms with Gasteiger partial charge in [-0.15, -0.1) is 0 Å². The van der Waals surface area contributed by atoms with Gasteiger partial charge in [-0.05, 0) is 37.3 Å². The lowest BCUT2D eigenvalue weighted by Crippen LogP contribution is -2.34. The van der Waals surface area contributed by atoms with E-state index in [1.165, 1.54) is 4.90 Å². The molecule has 2 aromatic rings. The molecule has 7 nitrogen and oxygen atoms in total. The van der Waals surface area contributed by atoms with Crippen molar-refractivity contribution in [3.63, 3.8) is 0 Å². The van der Waals surface area contributed by atoms with Gasteiger partial charge in [-0.3, -0.25) is 14.5 Å². The number of nitrogens with two attached hydrogens (primary N) is 1. The molecule has 1 heterocycles. The van der Waals surface area contributed by atoms with Crippen LogP contribution in [0.3, 0.4) is 0 Å². The van der Waals surface area contributed by atoms with Crippen LogP contribution < -0.4 is 16.0 Å². The molecule has 0 aliphatic rings. The van der Waals surface area contributed by atoms with Gasteiger partial charge in [0.2, 0.25) is 0 Å². The number of hydrogen-bond acceptors (Lipinski definition) is 6. The summed E-state index contributed by atoms with van der Waals surface area (Å²) in [5, 5.41) is 2.95. The molecular weight excluding hydrogens is 344 g/mol. The number of nitrogens with one attached hydrogen (secondary N) is 1. The summed E-state index contributed by atoms with van der Waals surface area (Å²) in [4.78, 5) is 30.3. The van der Waals surface area contributed by atoms with Crippen LogP contribution in [0.2, 0.25) is 0 Å². The van der Waals surface area contributed by atoms with Gasteiger partial charge in [-0.25, -0.2) is 4.98 Å². The zero-order valence-electron chi connectivity index (χ0n) is 16.4. The van der Waals surface area contributed by atoms with Crippen molar-refractivity contribution in [3.8, 4) is 0 Å². The summed E-state index contributed by atoms with van der Waals surface area (Å²) in [7, 11) is 1.76. The van der Waals surface area contributed by atoms with E-state index in [2.05, 4.69) is 10.3 Å². The SMILES string of the molecule is CC.CCOC(=O)CCN(C(=O)c1ccc(NC)c(N)c1)c1ccccn1. The first kappa shape index (κ1) is 22.0. The van der Waals surface area contributed by atoms with Crippen LogP contribution in [0.4, 0.5) is 17.2 Å². The van der Waals surface area contributed by atoms with Crippen molar-refractivity contribution >= 4 is 29.1 Å². The number of nitrogens with zero attached hydrogens (tertiary/aromatic N) is 2. The highest BCUT2D eigenvalue weighted by Crippen LogP contribution is 2.22. The van der Waals surface area contributed by atoms with Gasteiger partial charge in [0, 0.05) is 25.4 Å². The molecule has 7 heteroatoms. The van der Waals surface area contributed by atoms with Crippen molar-refractivity contribution < 1.29 is 14.3 Å². The standard InChI is InChI=1S/C18H22N4O3.C2H6/c1-3-25-17(23)9-11-22(16-6-4-5-10-21-16)18(24)13-7-8-15(20-2)14(19)12-13;1-2/h4-8,10,12,20H,3,9,11,19H2,1-2H3;1-2H3. The van der Waals surface area contributed by atoms with Crippen LogP contribution in [-0.2, 0) is 9.53 Å². The molecule has 0 aliphatic carbocycles.